The summed E-state index contributed by atoms with van der Waals surface area (Å²) < 4.78 is 12.1. The van der Waals surface area contributed by atoms with Gasteiger partial charge < -0.3 is 9.47 Å². The van der Waals surface area contributed by atoms with Crippen molar-refractivity contribution >= 4 is 31.9 Å². The molecular weight excluding hydrogens is 410 g/mol. The molecule has 0 radical (unpaired) electrons. The first-order valence-electron chi connectivity index (χ1n) is 7.26. The van der Waals surface area contributed by atoms with Gasteiger partial charge in [-0.15, -0.1) is 0 Å². The van der Waals surface area contributed by atoms with E-state index < -0.39 is 0 Å². The first-order valence-corrected chi connectivity index (χ1v) is 8.96. The monoisotopic (exact) mass is 423 g/mol. The van der Waals surface area contributed by atoms with Gasteiger partial charge in [0.2, 0.25) is 6.79 Å². The average Bonchev–Trinajstić information content (AvgIpc) is 2.98. The Morgan fingerprint density at radius 1 is 1.09 bits per heavy atom. The predicted molar refractivity (Wildman–Crippen MR) is 92.5 cm³/mol. The molecule has 0 aromatic heterocycles. The second-order valence-electron chi connectivity index (χ2n) is 5.59. The van der Waals surface area contributed by atoms with Crippen LogP contribution in [0.25, 0.3) is 0 Å². The van der Waals surface area contributed by atoms with Crippen molar-refractivity contribution in [2.24, 2.45) is 0 Å². The van der Waals surface area contributed by atoms with E-state index in [1.165, 1.54) is 16.7 Å². The van der Waals surface area contributed by atoms with Crippen LogP contribution in [0.1, 0.15) is 21.6 Å². The summed E-state index contributed by atoms with van der Waals surface area (Å²) >= 11 is 7.34. The van der Waals surface area contributed by atoms with E-state index in [1.54, 1.807) is 0 Å². The molecule has 2 aliphatic rings. The summed E-state index contributed by atoms with van der Waals surface area (Å²) in [6, 6.07) is 12.8. The van der Waals surface area contributed by atoms with Crippen LogP contribution in [0.4, 0.5) is 0 Å². The smallest absolute Gasteiger partial charge is 0.231 e. The van der Waals surface area contributed by atoms with Gasteiger partial charge in [-0.25, -0.2) is 0 Å². The standard InChI is InChI=1S/C17H15Br2NO2/c18-13-3-1-11(2-4-13)9-20-6-5-12-7-15-16(22-10-21-15)8-14(12)17(20)19/h1-4,7-8,17H,5-6,9-10H2. The topological polar surface area (TPSA) is 21.7 Å². The lowest BCUT2D eigenvalue weighted by Crippen LogP contribution is -2.32. The molecule has 2 heterocycles. The van der Waals surface area contributed by atoms with Crippen LogP contribution >= 0.6 is 31.9 Å². The molecule has 1 atom stereocenters. The molecule has 2 aromatic rings. The van der Waals surface area contributed by atoms with Crippen molar-refractivity contribution in [3.8, 4) is 11.5 Å². The molecule has 22 heavy (non-hydrogen) atoms. The van der Waals surface area contributed by atoms with Crippen LogP contribution in [-0.4, -0.2) is 18.2 Å². The molecule has 0 amide bonds. The lowest BCUT2D eigenvalue weighted by molar-refractivity contribution is 0.174. The first-order chi connectivity index (χ1) is 10.7. The molecule has 2 aromatic carbocycles. The summed E-state index contributed by atoms with van der Waals surface area (Å²) in [6.45, 7) is 2.28. The van der Waals surface area contributed by atoms with Crippen molar-refractivity contribution in [3.63, 3.8) is 0 Å². The minimum atomic E-state index is 0.203. The molecule has 0 aliphatic carbocycles. The number of fused-ring (bicyclic) bond motifs is 2. The summed E-state index contributed by atoms with van der Waals surface area (Å²) in [5.41, 5.74) is 3.95. The number of nitrogens with zero attached hydrogens (tertiary/aromatic N) is 1. The third-order valence-corrected chi connectivity index (χ3v) is 5.78. The maximum Gasteiger partial charge on any atom is 0.231 e. The highest BCUT2D eigenvalue weighted by Crippen LogP contribution is 2.42. The molecule has 0 spiro atoms. The van der Waals surface area contributed by atoms with E-state index in [0.29, 0.717) is 6.79 Å². The summed E-state index contributed by atoms with van der Waals surface area (Å²) in [5.74, 6) is 1.73. The molecule has 3 nitrogen and oxygen atoms in total. The number of alkyl halides is 1. The van der Waals surface area contributed by atoms with Crippen molar-refractivity contribution in [2.75, 3.05) is 13.3 Å². The molecule has 0 fully saturated rings. The lowest BCUT2D eigenvalue weighted by atomic mass is 9.98. The van der Waals surface area contributed by atoms with Gasteiger partial charge in [-0.3, -0.25) is 4.90 Å². The Kier molecular flexibility index (Phi) is 3.88. The summed E-state index contributed by atoms with van der Waals surface area (Å²) in [7, 11) is 0. The van der Waals surface area contributed by atoms with Gasteiger partial charge in [0, 0.05) is 17.6 Å². The van der Waals surface area contributed by atoms with Crippen LogP contribution in [0.5, 0.6) is 11.5 Å². The van der Waals surface area contributed by atoms with Gasteiger partial charge in [0.25, 0.3) is 0 Å². The second kappa shape index (κ2) is 5.87. The molecular formula is C17H15Br2NO2. The summed E-state index contributed by atoms with van der Waals surface area (Å²) in [4.78, 5) is 2.64. The zero-order chi connectivity index (χ0) is 15.1. The lowest BCUT2D eigenvalue weighted by Gasteiger charge is -2.34. The molecule has 0 saturated carbocycles. The quantitative estimate of drug-likeness (QED) is 0.518. The molecule has 4 rings (SSSR count). The Hall–Kier alpha value is -1.04. The van der Waals surface area contributed by atoms with Crippen LogP contribution in [-0.2, 0) is 13.0 Å². The Bertz CT molecular complexity index is 703. The molecule has 1 unspecified atom stereocenters. The number of benzene rings is 2. The highest BCUT2D eigenvalue weighted by molar-refractivity contribution is 9.10. The second-order valence-corrected chi connectivity index (χ2v) is 7.37. The van der Waals surface area contributed by atoms with Crippen molar-refractivity contribution in [2.45, 2.75) is 17.9 Å². The van der Waals surface area contributed by atoms with Crippen LogP contribution in [0, 0.1) is 0 Å². The highest BCUT2D eigenvalue weighted by Gasteiger charge is 2.28. The van der Waals surface area contributed by atoms with Crippen molar-refractivity contribution in [1.82, 2.24) is 4.90 Å². The number of ether oxygens (including phenoxy) is 2. The largest absolute Gasteiger partial charge is 0.454 e. The minimum Gasteiger partial charge on any atom is -0.454 e. The summed E-state index contributed by atoms with van der Waals surface area (Å²) in [6.07, 6.45) is 1.03. The Morgan fingerprint density at radius 2 is 1.82 bits per heavy atom. The van der Waals surface area contributed by atoms with Crippen LogP contribution in [0.15, 0.2) is 40.9 Å². The number of hydrogen-bond acceptors (Lipinski definition) is 3. The van der Waals surface area contributed by atoms with E-state index in [-0.39, 0.29) is 4.95 Å². The van der Waals surface area contributed by atoms with Crippen molar-refractivity contribution in [1.29, 1.82) is 0 Å². The molecule has 2 aliphatic heterocycles. The fourth-order valence-corrected chi connectivity index (χ4v) is 4.04. The fourth-order valence-electron chi connectivity index (χ4n) is 3.00. The van der Waals surface area contributed by atoms with Crippen LogP contribution < -0.4 is 9.47 Å². The fraction of sp³-hybridized carbons (Fsp3) is 0.294. The molecule has 114 valence electrons. The van der Waals surface area contributed by atoms with Gasteiger partial charge in [-0.05, 0) is 47.4 Å². The van der Waals surface area contributed by atoms with Gasteiger partial charge in [-0.2, -0.15) is 0 Å². The third-order valence-electron chi connectivity index (χ3n) is 4.18. The zero-order valence-corrected chi connectivity index (χ0v) is 15.1. The maximum absolute atomic E-state index is 5.51. The van der Waals surface area contributed by atoms with E-state index in [1.807, 2.05) is 0 Å². The van der Waals surface area contributed by atoms with E-state index in [4.69, 9.17) is 9.47 Å². The van der Waals surface area contributed by atoms with E-state index in [2.05, 4.69) is 73.2 Å². The Labute approximate surface area is 146 Å². The predicted octanol–water partition coefficient (Wildman–Crippen LogP) is 4.63. The van der Waals surface area contributed by atoms with Crippen molar-refractivity contribution < 1.29 is 9.47 Å². The Morgan fingerprint density at radius 3 is 2.59 bits per heavy atom. The average molecular weight is 425 g/mol. The number of hydrogen-bond donors (Lipinski definition) is 0. The van der Waals surface area contributed by atoms with Gasteiger partial charge >= 0.3 is 0 Å². The SMILES string of the molecule is Brc1ccc(CN2CCc3cc4c(cc3C2Br)OCO4)cc1. The normalized spacial score (nSPS) is 20.0. The van der Waals surface area contributed by atoms with Gasteiger partial charge in [0.15, 0.2) is 11.5 Å². The highest BCUT2D eigenvalue weighted by atomic mass is 79.9. The first kappa shape index (κ1) is 14.5. The third kappa shape index (κ3) is 2.66. The van der Waals surface area contributed by atoms with E-state index in [9.17, 15) is 0 Å². The number of halogens is 2. The zero-order valence-electron chi connectivity index (χ0n) is 11.9. The van der Waals surface area contributed by atoms with E-state index in [0.717, 1.165) is 35.5 Å². The van der Waals surface area contributed by atoms with Crippen LogP contribution in [0.3, 0.4) is 0 Å². The van der Waals surface area contributed by atoms with Crippen molar-refractivity contribution in [3.05, 3.63) is 57.6 Å². The molecule has 0 saturated heterocycles. The van der Waals surface area contributed by atoms with Crippen LogP contribution in [0.2, 0.25) is 0 Å². The number of rotatable bonds is 2. The van der Waals surface area contributed by atoms with Gasteiger partial charge in [0.05, 0.1) is 4.95 Å². The van der Waals surface area contributed by atoms with E-state index >= 15 is 0 Å². The molecule has 5 heteroatoms. The molecule has 0 bridgehead atoms. The van der Waals surface area contributed by atoms with Gasteiger partial charge in [0.1, 0.15) is 0 Å². The Balaban J connectivity index is 1.58. The van der Waals surface area contributed by atoms with Gasteiger partial charge in [-0.1, -0.05) is 44.0 Å². The summed E-state index contributed by atoms with van der Waals surface area (Å²) in [5, 5.41) is 0. The molecule has 0 N–H and O–H groups in total. The maximum atomic E-state index is 5.51. The minimum absolute atomic E-state index is 0.203.